The lowest BCUT2D eigenvalue weighted by atomic mass is 10.3. The van der Waals surface area contributed by atoms with Gasteiger partial charge >= 0.3 is 0 Å². The van der Waals surface area contributed by atoms with Crippen molar-refractivity contribution in [3.05, 3.63) is 35.1 Å². The zero-order chi connectivity index (χ0) is 15.4. The number of ether oxygens (including phenoxy) is 2. The molecule has 0 aliphatic rings. The van der Waals surface area contributed by atoms with Crippen LogP contribution in [0.4, 0.5) is 5.95 Å². The van der Waals surface area contributed by atoms with Gasteiger partial charge in [0, 0.05) is 19.3 Å². The number of aromatic nitrogens is 2. The molecule has 1 heterocycles. The molecule has 0 saturated heterocycles. The van der Waals surface area contributed by atoms with E-state index in [-0.39, 0.29) is 6.04 Å². The molecule has 0 bridgehead atoms. The Balaban J connectivity index is 2.33. The molecule has 6 heteroatoms. The van der Waals surface area contributed by atoms with Crippen LogP contribution in [0.5, 0.6) is 5.75 Å². The molecule has 0 aliphatic heterocycles. The SMILES string of the molecule is COCC(C)Nc1nc(C)cn1-c1ccc(OC)c(Cl)c1. The number of imidazole rings is 1. The van der Waals surface area contributed by atoms with Gasteiger partial charge in [-0.2, -0.15) is 0 Å². The Hall–Kier alpha value is -1.72. The molecule has 2 aromatic rings. The van der Waals surface area contributed by atoms with Crippen molar-refractivity contribution in [1.29, 1.82) is 0 Å². The molecule has 0 spiro atoms. The Morgan fingerprint density at radius 2 is 2.14 bits per heavy atom. The fourth-order valence-electron chi connectivity index (χ4n) is 2.11. The Kier molecular flexibility index (Phi) is 5.09. The molecule has 2 rings (SSSR count). The standard InChI is InChI=1S/C15H20ClN3O2/c1-10-8-19(15(17-10)18-11(2)9-20-3)12-5-6-14(21-4)13(16)7-12/h5-8,11H,9H2,1-4H3,(H,17,18). The average Bonchev–Trinajstić information content (AvgIpc) is 2.79. The Morgan fingerprint density at radius 1 is 1.38 bits per heavy atom. The van der Waals surface area contributed by atoms with Crippen molar-refractivity contribution in [1.82, 2.24) is 9.55 Å². The van der Waals surface area contributed by atoms with Gasteiger partial charge in [-0.1, -0.05) is 11.6 Å². The van der Waals surface area contributed by atoms with E-state index < -0.39 is 0 Å². The lowest BCUT2D eigenvalue weighted by Gasteiger charge is -2.15. The van der Waals surface area contributed by atoms with Crippen LogP contribution in [-0.2, 0) is 4.74 Å². The van der Waals surface area contributed by atoms with Crippen LogP contribution in [0, 0.1) is 6.92 Å². The molecular formula is C15H20ClN3O2. The predicted molar refractivity (Wildman–Crippen MR) is 84.8 cm³/mol. The van der Waals surface area contributed by atoms with Crippen molar-refractivity contribution < 1.29 is 9.47 Å². The molecule has 1 aromatic heterocycles. The van der Waals surface area contributed by atoms with E-state index in [1.807, 2.05) is 42.8 Å². The minimum Gasteiger partial charge on any atom is -0.495 e. The fraction of sp³-hybridized carbons (Fsp3) is 0.400. The van der Waals surface area contributed by atoms with E-state index in [2.05, 4.69) is 10.3 Å². The summed E-state index contributed by atoms with van der Waals surface area (Å²) < 4.78 is 12.3. The summed E-state index contributed by atoms with van der Waals surface area (Å²) in [6, 6.07) is 5.80. The summed E-state index contributed by atoms with van der Waals surface area (Å²) in [6.45, 7) is 4.60. The zero-order valence-corrected chi connectivity index (χ0v) is 13.4. The average molecular weight is 310 g/mol. The van der Waals surface area contributed by atoms with E-state index in [9.17, 15) is 0 Å². The van der Waals surface area contributed by atoms with E-state index in [0.29, 0.717) is 17.4 Å². The molecule has 1 aromatic carbocycles. The second-order valence-corrected chi connectivity index (χ2v) is 5.30. The molecule has 1 atom stereocenters. The maximum absolute atomic E-state index is 6.19. The number of nitrogens with zero attached hydrogens (tertiary/aromatic N) is 2. The molecular weight excluding hydrogens is 290 g/mol. The van der Waals surface area contributed by atoms with Crippen molar-refractivity contribution in [2.24, 2.45) is 0 Å². The van der Waals surface area contributed by atoms with E-state index in [0.717, 1.165) is 17.3 Å². The molecule has 21 heavy (non-hydrogen) atoms. The Morgan fingerprint density at radius 3 is 2.76 bits per heavy atom. The van der Waals surface area contributed by atoms with Gasteiger partial charge in [0.15, 0.2) is 0 Å². The van der Waals surface area contributed by atoms with Gasteiger partial charge in [-0.25, -0.2) is 4.98 Å². The molecule has 1 N–H and O–H groups in total. The number of hydrogen-bond donors (Lipinski definition) is 1. The lowest BCUT2D eigenvalue weighted by Crippen LogP contribution is -2.22. The van der Waals surface area contributed by atoms with Crippen LogP contribution >= 0.6 is 11.6 Å². The minimum absolute atomic E-state index is 0.157. The monoisotopic (exact) mass is 309 g/mol. The van der Waals surface area contributed by atoms with Crippen molar-refractivity contribution in [3.8, 4) is 11.4 Å². The Bertz CT molecular complexity index is 613. The minimum atomic E-state index is 0.157. The number of methoxy groups -OCH3 is 2. The maximum Gasteiger partial charge on any atom is 0.208 e. The normalized spacial score (nSPS) is 12.2. The highest BCUT2D eigenvalue weighted by atomic mass is 35.5. The summed E-state index contributed by atoms with van der Waals surface area (Å²) in [7, 11) is 3.28. The Labute approximate surface area is 129 Å². The smallest absolute Gasteiger partial charge is 0.208 e. The number of benzene rings is 1. The van der Waals surface area contributed by atoms with Gasteiger partial charge in [0.25, 0.3) is 0 Å². The quantitative estimate of drug-likeness (QED) is 0.889. The molecule has 0 saturated carbocycles. The van der Waals surface area contributed by atoms with E-state index >= 15 is 0 Å². The summed E-state index contributed by atoms with van der Waals surface area (Å²) in [5.74, 6) is 1.41. The first-order valence-electron chi connectivity index (χ1n) is 6.70. The molecule has 0 radical (unpaired) electrons. The van der Waals surface area contributed by atoms with Crippen molar-refractivity contribution in [2.45, 2.75) is 19.9 Å². The second kappa shape index (κ2) is 6.83. The van der Waals surface area contributed by atoms with Crippen LogP contribution in [0.25, 0.3) is 5.69 Å². The largest absolute Gasteiger partial charge is 0.495 e. The summed E-state index contributed by atoms with van der Waals surface area (Å²) in [5, 5.41) is 3.90. The number of nitrogens with one attached hydrogen (secondary N) is 1. The van der Waals surface area contributed by atoms with Crippen LogP contribution in [0.15, 0.2) is 24.4 Å². The van der Waals surface area contributed by atoms with Crippen LogP contribution in [-0.4, -0.2) is 36.4 Å². The van der Waals surface area contributed by atoms with Gasteiger partial charge in [-0.3, -0.25) is 4.57 Å². The number of hydrogen-bond acceptors (Lipinski definition) is 4. The van der Waals surface area contributed by atoms with Gasteiger partial charge in [-0.05, 0) is 32.0 Å². The number of rotatable bonds is 6. The first kappa shape index (κ1) is 15.7. The second-order valence-electron chi connectivity index (χ2n) is 4.90. The molecule has 0 fully saturated rings. The van der Waals surface area contributed by atoms with E-state index in [4.69, 9.17) is 21.1 Å². The summed E-state index contributed by atoms with van der Waals surface area (Å²) in [6.07, 6.45) is 1.96. The van der Waals surface area contributed by atoms with Gasteiger partial charge in [0.2, 0.25) is 5.95 Å². The first-order chi connectivity index (χ1) is 10.0. The van der Waals surface area contributed by atoms with E-state index in [1.165, 1.54) is 0 Å². The highest BCUT2D eigenvalue weighted by molar-refractivity contribution is 6.32. The third kappa shape index (κ3) is 3.68. The fourth-order valence-corrected chi connectivity index (χ4v) is 2.37. The summed E-state index contributed by atoms with van der Waals surface area (Å²) in [4.78, 5) is 4.50. The maximum atomic E-state index is 6.19. The predicted octanol–water partition coefficient (Wildman–Crippen LogP) is 3.29. The molecule has 5 nitrogen and oxygen atoms in total. The van der Waals surface area contributed by atoms with Crippen LogP contribution < -0.4 is 10.1 Å². The van der Waals surface area contributed by atoms with Gasteiger partial charge in [0.05, 0.1) is 30.1 Å². The third-order valence-corrected chi connectivity index (χ3v) is 3.33. The molecule has 1 unspecified atom stereocenters. The summed E-state index contributed by atoms with van der Waals surface area (Å²) in [5.41, 5.74) is 1.85. The molecule has 114 valence electrons. The van der Waals surface area contributed by atoms with Crippen molar-refractivity contribution in [3.63, 3.8) is 0 Å². The number of halogens is 1. The van der Waals surface area contributed by atoms with Crippen LogP contribution in [0.2, 0.25) is 5.02 Å². The number of aryl methyl sites for hydroxylation is 1. The van der Waals surface area contributed by atoms with Crippen molar-refractivity contribution >= 4 is 17.5 Å². The summed E-state index contributed by atoms with van der Waals surface area (Å²) >= 11 is 6.19. The zero-order valence-electron chi connectivity index (χ0n) is 12.7. The lowest BCUT2D eigenvalue weighted by molar-refractivity contribution is 0.190. The van der Waals surface area contributed by atoms with Crippen molar-refractivity contribution in [2.75, 3.05) is 26.1 Å². The molecule has 0 amide bonds. The highest BCUT2D eigenvalue weighted by Crippen LogP contribution is 2.28. The van der Waals surface area contributed by atoms with E-state index in [1.54, 1.807) is 14.2 Å². The number of anilines is 1. The molecule has 0 aliphatic carbocycles. The topological polar surface area (TPSA) is 48.3 Å². The highest BCUT2D eigenvalue weighted by Gasteiger charge is 2.12. The van der Waals surface area contributed by atoms with Crippen LogP contribution in [0.3, 0.4) is 0 Å². The first-order valence-corrected chi connectivity index (χ1v) is 7.08. The third-order valence-electron chi connectivity index (χ3n) is 3.03. The van der Waals surface area contributed by atoms with Crippen LogP contribution in [0.1, 0.15) is 12.6 Å². The van der Waals surface area contributed by atoms with Gasteiger partial charge in [-0.15, -0.1) is 0 Å². The van der Waals surface area contributed by atoms with Gasteiger partial charge in [0.1, 0.15) is 5.75 Å². The van der Waals surface area contributed by atoms with Gasteiger partial charge < -0.3 is 14.8 Å².